The van der Waals surface area contributed by atoms with Gasteiger partial charge in [0.15, 0.2) is 0 Å². The Morgan fingerprint density at radius 1 is 1.58 bits per heavy atom. The molecule has 0 bridgehead atoms. The molecule has 2 heteroatoms. The van der Waals surface area contributed by atoms with Crippen LogP contribution in [0.4, 0.5) is 0 Å². The molecule has 0 N–H and O–H groups in total. The molecule has 66 valence electrons. The van der Waals surface area contributed by atoms with Crippen LogP contribution in [0.1, 0.15) is 29.1 Å². The molecule has 0 aromatic carbocycles. The molecule has 1 rings (SSSR count). The Morgan fingerprint density at radius 2 is 2.25 bits per heavy atom. The monoisotopic (exact) mass is 229 g/mol. The second-order valence-corrected chi connectivity index (χ2v) is 4.55. The van der Waals surface area contributed by atoms with Crippen molar-refractivity contribution in [2.24, 2.45) is 5.41 Å². The highest BCUT2D eigenvalue weighted by molar-refractivity contribution is 9.10. The summed E-state index contributed by atoms with van der Waals surface area (Å²) in [5.41, 5.74) is 0.236. The Hall–Kier alpha value is -0.370. The van der Waals surface area contributed by atoms with Crippen LogP contribution >= 0.6 is 15.9 Å². The van der Waals surface area contributed by atoms with E-state index < -0.39 is 11.8 Å². The van der Waals surface area contributed by atoms with Gasteiger partial charge in [0.2, 0.25) is 0 Å². The third-order valence-electron chi connectivity index (χ3n) is 1.25. The largest absolute Gasteiger partial charge is 0.249 e. The molecule has 1 aromatic rings. The molecule has 0 atom stereocenters. The maximum Gasteiger partial charge on any atom is 0.106 e. The number of hydrogen-bond acceptors (Lipinski definition) is 1. The smallest absolute Gasteiger partial charge is 0.106 e. The summed E-state index contributed by atoms with van der Waals surface area (Å²) < 4.78 is 16.7. The quantitative estimate of drug-likeness (QED) is 0.673. The standard InChI is InChI=1S/C10H14BrN/c1-10(2,3)7-8-4-5-12-9(11)6-8/h4-6H,7H2,1-3H3/i7D2. The summed E-state index contributed by atoms with van der Waals surface area (Å²) in [5, 5.41) is 0. The van der Waals surface area contributed by atoms with E-state index in [1.165, 1.54) is 0 Å². The Labute approximate surface area is 85.2 Å². The van der Waals surface area contributed by atoms with Crippen LogP contribution < -0.4 is 0 Å². The maximum absolute atomic E-state index is 8.03. The van der Waals surface area contributed by atoms with Gasteiger partial charge in [0.25, 0.3) is 0 Å². The summed E-state index contributed by atoms with van der Waals surface area (Å²) in [6, 6.07) is 3.45. The SMILES string of the molecule is [2H]C([2H])(c1ccnc(Br)c1)C(C)(C)C. The van der Waals surface area contributed by atoms with E-state index in [-0.39, 0.29) is 0 Å². The lowest BCUT2D eigenvalue weighted by atomic mass is 9.89. The molecular formula is C10H14BrN. The molecule has 0 spiro atoms. The Morgan fingerprint density at radius 3 is 2.75 bits per heavy atom. The molecule has 1 heterocycles. The van der Waals surface area contributed by atoms with Crippen LogP contribution in [0.25, 0.3) is 0 Å². The van der Waals surface area contributed by atoms with Crippen molar-refractivity contribution in [2.75, 3.05) is 0 Å². The van der Waals surface area contributed by atoms with Gasteiger partial charge < -0.3 is 0 Å². The van der Waals surface area contributed by atoms with Gasteiger partial charge in [-0.25, -0.2) is 4.98 Å². The third-order valence-corrected chi connectivity index (χ3v) is 1.68. The van der Waals surface area contributed by atoms with E-state index in [4.69, 9.17) is 2.74 Å². The van der Waals surface area contributed by atoms with Gasteiger partial charge in [-0.3, -0.25) is 0 Å². The predicted octanol–water partition coefficient (Wildman–Crippen LogP) is 3.43. The van der Waals surface area contributed by atoms with Gasteiger partial charge in [-0.1, -0.05) is 20.8 Å². The first-order valence-electron chi connectivity index (χ1n) is 4.87. The summed E-state index contributed by atoms with van der Waals surface area (Å²) in [6.45, 7) is 5.67. The molecule has 0 radical (unpaired) electrons. The highest BCUT2D eigenvalue weighted by atomic mass is 79.9. The van der Waals surface area contributed by atoms with Crippen molar-refractivity contribution in [2.45, 2.75) is 27.1 Å². The summed E-state index contributed by atoms with van der Waals surface area (Å²) in [7, 11) is 0. The minimum atomic E-state index is -1.35. The molecule has 0 unspecified atom stereocenters. The highest BCUT2D eigenvalue weighted by Gasteiger charge is 2.10. The summed E-state index contributed by atoms with van der Waals surface area (Å²) >= 11 is 3.24. The second-order valence-electron chi connectivity index (χ2n) is 3.74. The highest BCUT2D eigenvalue weighted by Crippen LogP contribution is 2.21. The van der Waals surface area contributed by atoms with Crippen molar-refractivity contribution < 1.29 is 2.74 Å². The average molecular weight is 230 g/mol. The number of hydrogen-bond donors (Lipinski definition) is 0. The van der Waals surface area contributed by atoms with Gasteiger partial charge >= 0.3 is 0 Å². The van der Waals surface area contributed by atoms with Crippen molar-refractivity contribution >= 4 is 15.9 Å². The van der Waals surface area contributed by atoms with E-state index in [0.29, 0.717) is 10.2 Å². The van der Waals surface area contributed by atoms with Crippen LogP contribution in [-0.2, 0) is 6.37 Å². The van der Waals surface area contributed by atoms with Crippen LogP contribution in [0.15, 0.2) is 22.9 Å². The number of nitrogens with zero attached hydrogens (tertiary/aromatic N) is 1. The number of aromatic nitrogens is 1. The molecule has 0 fully saturated rings. The molecule has 0 aliphatic heterocycles. The Balaban J connectivity index is 3.16. The normalized spacial score (nSPS) is 15.3. The molecule has 0 amide bonds. The first-order chi connectivity index (χ1) is 6.25. The van der Waals surface area contributed by atoms with Gasteiger partial charge in [0.05, 0.1) is 0 Å². The van der Waals surface area contributed by atoms with Crippen molar-refractivity contribution in [1.29, 1.82) is 0 Å². The zero-order chi connectivity index (χ0) is 11.0. The molecule has 1 nitrogen and oxygen atoms in total. The van der Waals surface area contributed by atoms with Gasteiger partial charge in [-0.2, -0.15) is 0 Å². The molecule has 0 saturated carbocycles. The average Bonchev–Trinajstić information content (AvgIpc) is 2.02. The zero-order valence-corrected chi connectivity index (χ0v) is 9.14. The molecule has 0 saturated heterocycles. The fraction of sp³-hybridized carbons (Fsp3) is 0.500. The van der Waals surface area contributed by atoms with Crippen molar-refractivity contribution in [1.82, 2.24) is 4.98 Å². The lowest BCUT2D eigenvalue weighted by Gasteiger charge is -2.17. The molecule has 0 aliphatic carbocycles. The first-order valence-corrected chi connectivity index (χ1v) is 4.66. The molecular weight excluding hydrogens is 214 g/mol. The van der Waals surface area contributed by atoms with Gasteiger partial charge in [-0.15, -0.1) is 0 Å². The van der Waals surface area contributed by atoms with Crippen LogP contribution in [0.5, 0.6) is 0 Å². The van der Waals surface area contributed by atoms with Crippen LogP contribution in [0.3, 0.4) is 0 Å². The van der Waals surface area contributed by atoms with Crippen LogP contribution in [0, 0.1) is 5.41 Å². The topological polar surface area (TPSA) is 12.9 Å². The van der Waals surface area contributed by atoms with Gasteiger partial charge in [-0.05, 0) is 45.4 Å². The Bertz CT molecular complexity index is 331. The minimum Gasteiger partial charge on any atom is -0.249 e. The van der Waals surface area contributed by atoms with Crippen molar-refractivity contribution in [3.8, 4) is 0 Å². The van der Waals surface area contributed by atoms with E-state index in [1.807, 2.05) is 20.8 Å². The third kappa shape index (κ3) is 3.35. The fourth-order valence-corrected chi connectivity index (χ4v) is 1.28. The minimum absolute atomic E-state index is 0.423. The Kier molecular flexibility index (Phi) is 2.10. The molecule has 1 aromatic heterocycles. The van der Waals surface area contributed by atoms with E-state index in [0.717, 1.165) is 0 Å². The van der Waals surface area contributed by atoms with E-state index in [1.54, 1.807) is 18.3 Å². The summed E-state index contributed by atoms with van der Waals surface area (Å²) in [5.74, 6) is 0. The maximum atomic E-state index is 8.03. The summed E-state index contributed by atoms with van der Waals surface area (Å²) in [6.07, 6.45) is 0.265. The first kappa shape index (κ1) is 7.07. The molecule has 0 aliphatic rings. The van der Waals surface area contributed by atoms with E-state index in [9.17, 15) is 0 Å². The van der Waals surface area contributed by atoms with Gasteiger partial charge in [0.1, 0.15) is 4.60 Å². The van der Waals surface area contributed by atoms with Crippen LogP contribution in [0.2, 0.25) is 0 Å². The second kappa shape index (κ2) is 3.56. The van der Waals surface area contributed by atoms with E-state index in [2.05, 4.69) is 20.9 Å². The number of halogens is 1. The van der Waals surface area contributed by atoms with E-state index >= 15 is 0 Å². The fourth-order valence-electron chi connectivity index (χ4n) is 0.913. The van der Waals surface area contributed by atoms with Gasteiger partial charge in [0, 0.05) is 8.94 Å². The summed E-state index contributed by atoms with van der Waals surface area (Å²) in [4.78, 5) is 3.99. The van der Waals surface area contributed by atoms with Crippen molar-refractivity contribution in [3.63, 3.8) is 0 Å². The lowest BCUT2D eigenvalue weighted by molar-refractivity contribution is 0.411. The number of pyridine rings is 1. The number of rotatable bonds is 1. The zero-order valence-electron chi connectivity index (χ0n) is 9.56. The lowest BCUT2D eigenvalue weighted by Crippen LogP contribution is -2.08. The van der Waals surface area contributed by atoms with Crippen molar-refractivity contribution in [3.05, 3.63) is 28.5 Å². The predicted molar refractivity (Wildman–Crippen MR) is 55.1 cm³/mol. The van der Waals surface area contributed by atoms with Crippen LogP contribution in [-0.4, -0.2) is 4.98 Å². The molecule has 12 heavy (non-hydrogen) atoms.